The van der Waals surface area contributed by atoms with Crippen molar-refractivity contribution in [1.29, 1.82) is 0 Å². The Morgan fingerprint density at radius 2 is 2.00 bits per heavy atom. The van der Waals surface area contributed by atoms with Gasteiger partial charge >= 0.3 is 0 Å². The molecule has 1 aliphatic rings. The van der Waals surface area contributed by atoms with Crippen molar-refractivity contribution >= 4 is 15.9 Å². The molecule has 3 unspecified atom stereocenters. The highest BCUT2D eigenvalue weighted by Crippen LogP contribution is 2.31. The summed E-state index contributed by atoms with van der Waals surface area (Å²) in [6.45, 7) is 3.39. The van der Waals surface area contributed by atoms with E-state index in [1.54, 1.807) is 0 Å². The summed E-state index contributed by atoms with van der Waals surface area (Å²) < 4.78 is 1.09. The molecule has 21 heavy (non-hydrogen) atoms. The minimum Gasteiger partial charge on any atom is -0.395 e. The van der Waals surface area contributed by atoms with Gasteiger partial charge in [0.25, 0.3) is 0 Å². The molecule has 3 atom stereocenters. The van der Waals surface area contributed by atoms with E-state index in [0.29, 0.717) is 0 Å². The molecule has 4 heteroatoms. The lowest BCUT2D eigenvalue weighted by Crippen LogP contribution is -2.47. The van der Waals surface area contributed by atoms with Crippen LogP contribution >= 0.6 is 15.9 Å². The van der Waals surface area contributed by atoms with Gasteiger partial charge in [-0.2, -0.15) is 0 Å². The van der Waals surface area contributed by atoms with Gasteiger partial charge in [0, 0.05) is 16.6 Å². The van der Waals surface area contributed by atoms with Crippen molar-refractivity contribution in [1.82, 2.24) is 4.90 Å². The summed E-state index contributed by atoms with van der Waals surface area (Å²) in [4.78, 5) is 2.45. The van der Waals surface area contributed by atoms with Crippen LogP contribution in [0.5, 0.6) is 0 Å². The average Bonchev–Trinajstić information content (AvgIpc) is 2.74. The van der Waals surface area contributed by atoms with Crippen molar-refractivity contribution in [2.45, 2.75) is 57.2 Å². The Kier molecular flexibility index (Phi) is 6.68. The summed E-state index contributed by atoms with van der Waals surface area (Å²) in [5.74, 6) is 0. The summed E-state index contributed by atoms with van der Waals surface area (Å²) >= 11 is 3.50. The van der Waals surface area contributed by atoms with E-state index in [2.05, 4.69) is 52.0 Å². The molecular formula is C17H27BrN2O. The van der Waals surface area contributed by atoms with Crippen LogP contribution in [0.2, 0.25) is 0 Å². The Morgan fingerprint density at radius 1 is 1.29 bits per heavy atom. The van der Waals surface area contributed by atoms with Crippen LogP contribution in [0.25, 0.3) is 0 Å². The quantitative estimate of drug-likeness (QED) is 0.850. The van der Waals surface area contributed by atoms with Crippen molar-refractivity contribution in [2.75, 3.05) is 13.2 Å². The van der Waals surface area contributed by atoms with Gasteiger partial charge in [-0.25, -0.2) is 0 Å². The molecule has 3 N–H and O–H groups in total. The topological polar surface area (TPSA) is 49.5 Å². The number of rotatable bonds is 5. The van der Waals surface area contributed by atoms with E-state index in [1.165, 1.54) is 24.8 Å². The highest BCUT2D eigenvalue weighted by molar-refractivity contribution is 9.10. The zero-order valence-electron chi connectivity index (χ0n) is 12.8. The van der Waals surface area contributed by atoms with E-state index in [1.807, 2.05) is 0 Å². The number of likely N-dealkylation sites (tertiary alicyclic amines) is 1. The number of aliphatic hydroxyl groups is 1. The first-order valence-corrected chi connectivity index (χ1v) is 8.84. The molecule has 1 saturated heterocycles. The standard InChI is InChI=1S/C17H27BrN2O/c1-2-16(19)17(13-7-9-14(18)10-8-13)20-11-5-3-4-6-15(20)12-21/h7-10,15-17,21H,2-6,11-12,19H2,1H3. The van der Waals surface area contributed by atoms with Gasteiger partial charge in [-0.1, -0.05) is 47.8 Å². The van der Waals surface area contributed by atoms with Crippen LogP contribution in [-0.4, -0.2) is 35.2 Å². The molecule has 0 aliphatic carbocycles. The van der Waals surface area contributed by atoms with Gasteiger partial charge in [-0.3, -0.25) is 4.90 Å². The van der Waals surface area contributed by atoms with E-state index >= 15 is 0 Å². The van der Waals surface area contributed by atoms with Crippen LogP contribution in [0.3, 0.4) is 0 Å². The molecule has 1 aromatic rings. The minimum absolute atomic E-state index is 0.0957. The molecule has 0 bridgehead atoms. The van der Waals surface area contributed by atoms with Crippen molar-refractivity contribution in [3.63, 3.8) is 0 Å². The Labute approximate surface area is 136 Å². The van der Waals surface area contributed by atoms with Crippen molar-refractivity contribution < 1.29 is 5.11 Å². The Balaban J connectivity index is 2.31. The van der Waals surface area contributed by atoms with Crippen LogP contribution in [0.1, 0.15) is 50.6 Å². The predicted molar refractivity (Wildman–Crippen MR) is 91.2 cm³/mol. The largest absolute Gasteiger partial charge is 0.395 e. The second-order valence-electron chi connectivity index (χ2n) is 5.99. The highest BCUT2D eigenvalue weighted by Gasteiger charge is 2.31. The predicted octanol–water partition coefficient (Wildman–Crippen LogP) is 3.46. The molecule has 0 spiro atoms. The van der Waals surface area contributed by atoms with Gasteiger partial charge in [0.05, 0.1) is 12.6 Å². The maximum Gasteiger partial charge on any atom is 0.0587 e. The molecule has 0 aromatic heterocycles. The SMILES string of the molecule is CCC(N)C(c1ccc(Br)cc1)N1CCCCCC1CO. The lowest BCUT2D eigenvalue weighted by atomic mass is 9.94. The number of nitrogens with zero attached hydrogens (tertiary/aromatic N) is 1. The second-order valence-corrected chi connectivity index (χ2v) is 6.91. The van der Waals surface area contributed by atoms with Gasteiger partial charge in [0.1, 0.15) is 0 Å². The molecular weight excluding hydrogens is 328 g/mol. The molecule has 2 rings (SSSR count). The van der Waals surface area contributed by atoms with Gasteiger partial charge in [-0.05, 0) is 43.5 Å². The molecule has 118 valence electrons. The zero-order chi connectivity index (χ0) is 15.2. The van der Waals surface area contributed by atoms with E-state index in [9.17, 15) is 5.11 Å². The molecule has 1 aliphatic heterocycles. The molecule has 0 amide bonds. The maximum absolute atomic E-state index is 9.79. The monoisotopic (exact) mass is 354 g/mol. The summed E-state index contributed by atoms with van der Waals surface area (Å²) in [6.07, 6.45) is 5.66. The molecule has 1 aromatic carbocycles. The molecule has 1 fully saturated rings. The number of halogens is 1. The van der Waals surface area contributed by atoms with Crippen molar-refractivity contribution in [3.05, 3.63) is 34.3 Å². The van der Waals surface area contributed by atoms with E-state index in [0.717, 1.165) is 23.9 Å². The fourth-order valence-corrected chi connectivity index (χ4v) is 3.59. The van der Waals surface area contributed by atoms with Crippen LogP contribution < -0.4 is 5.73 Å². The lowest BCUT2D eigenvalue weighted by Gasteiger charge is -2.39. The van der Waals surface area contributed by atoms with Gasteiger partial charge in [0.2, 0.25) is 0 Å². The molecule has 0 saturated carbocycles. The Bertz CT molecular complexity index is 423. The molecule has 1 heterocycles. The molecule has 3 nitrogen and oxygen atoms in total. The van der Waals surface area contributed by atoms with E-state index in [4.69, 9.17) is 5.73 Å². The third-order valence-corrected chi connectivity index (χ3v) is 5.11. The van der Waals surface area contributed by atoms with Gasteiger partial charge in [-0.15, -0.1) is 0 Å². The van der Waals surface area contributed by atoms with Crippen LogP contribution in [0.15, 0.2) is 28.7 Å². The fourth-order valence-electron chi connectivity index (χ4n) is 3.33. The first-order valence-electron chi connectivity index (χ1n) is 8.05. The average molecular weight is 355 g/mol. The minimum atomic E-state index is 0.0957. The lowest BCUT2D eigenvalue weighted by molar-refractivity contribution is 0.0714. The fraction of sp³-hybridized carbons (Fsp3) is 0.647. The summed E-state index contributed by atoms with van der Waals surface area (Å²) in [5, 5.41) is 9.79. The third kappa shape index (κ3) is 4.28. The number of nitrogens with two attached hydrogens (primary N) is 1. The van der Waals surface area contributed by atoms with E-state index in [-0.39, 0.29) is 24.7 Å². The first kappa shape index (κ1) is 16.9. The second kappa shape index (κ2) is 8.28. The molecule has 0 radical (unpaired) electrons. The van der Waals surface area contributed by atoms with Crippen molar-refractivity contribution in [3.8, 4) is 0 Å². The third-order valence-electron chi connectivity index (χ3n) is 4.58. The smallest absolute Gasteiger partial charge is 0.0587 e. The zero-order valence-corrected chi connectivity index (χ0v) is 14.4. The first-order chi connectivity index (χ1) is 10.2. The number of hydrogen-bond donors (Lipinski definition) is 2. The van der Waals surface area contributed by atoms with Crippen LogP contribution in [0, 0.1) is 0 Å². The number of benzene rings is 1. The van der Waals surface area contributed by atoms with E-state index < -0.39 is 0 Å². The maximum atomic E-state index is 9.79. The van der Waals surface area contributed by atoms with Crippen molar-refractivity contribution in [2.24, 2.45) is 5.73 Å². The normalized spacial score (nSPS) is 23.5. The van der Waals surface area contributed by atoms with Gasteiger partial charge in [0.15, 0.2) is 0 Å². The number of aliphatic hydroxyl groups excluding tert-OH is 1. The Hall–Kier alpha value is -0.420. The van der Waals surface area contributed by atoms with Crippen LogP contribution in [0.4, 0.5) is 0 Å². The van der Waals surface area contributed by atoms with Gasteiger partial charge < -0.3 is 10.8 Å². The summed E-state index contributed by atoms with van der Waals surface area (Å²) in [6, 6.07) is 9.00. The Morgan fingerprint density at radius 3 is 2.62 bits per heavy atom. The number of hydrogen-bond acceptors (Lipinski definition) is 3. The summed E-state index contributed by atoms with van der Waals surface area (Å²) in [7, 11) is 0. The summed E-state index contributed by atoms with van der Waals surface area (Å²) in [5.41, 5.74) is 7.71. The van der Waals surface area contributed by atoms with Crippen LogP contribution in [-0.2, 0) is 0 Å². The highest BCUT2D eigenvalue weighted by atomic mass is 79.9.